The number of nitrogens with zero attached hydrogens (tertiary/aromatic N) is 4. The molecule has 7 heteroatoms. The Kier molecular flexibility index (Phi) is 6.50. The van der Waals surface area contributed by atoms with Crippen LogP contribution in [0.1, 0.15) is 28.8 Å². The van der Waals surface area contributed by atoms with Crippen molar-refractivity contribution in [3.05, 3.63) is 89.2 Å². The zero-order valence-electron chi connectivity index (χ0n) is 18.9. The number of hydrogen-bond donors (Lipinski definition) is 0. The Morgan fingerprint density at radius 3 is 2.38 bits per heavy atom. The zero-order valence-corrected chi connectivity index (χ0v) is 19.7. The highest BCUT2D eigenvalue weighted by atomic mass is 35.5. The van der Waals surface area contributed by atoms with Crippen LogP contribution in [0.4, 0.5) is 11.4 Å². The maximum Gasteiger partial charge on any atom is 0.254 e. The first-order valence-electron chi connectivity index (χ1n) is 11.7. The molecule has 1 aromatic heterocycles. The third kappa shape index (κ3) is 4.77. The van der Waals surface area contributed by atoms with Crippen molar-refractivity contribution in [3.63, 3.8) is 0 Å². The fraction of sp³-hybridized carbons (Fsp3) is 0.296. The normalized spacial score (nSPS) is 16.9. The van der Waals surface area contributed by atoms with Gasteiger partial charge in [0.2, 0.25) is 5.91 Å². The van der Waals surface area contributed by atoms with E-state index >= 15 is 0 Å². The van der Waals surface area contributed by atoms with Crippen molar-refractivity contribution in [1.29, 1.82) is 0 Å². The summed E-state index contributed by atoms with van der Waals surface area (Å²) in [5.74, 6) is 0.213. The van der Waals surface area contributed by atoms with Crippen molar-refractivity contribution in [2.24, 2.45) is 5.92 Å². The highest BCUT2D eigenvalue weighted by Crippen LogP contribution is 2.30. The Bertz CT molecular complexity index is 1160. The number of amides is 2. The molecular formula is C27H27ClN4O2. The van der Waals surface area contributed by atoms with Crippen LogP contribution in [0.3, 0.4) is 0 Å². The minimum atomic E-state index is -0.160. The molecule has 0 aliphatic carbocycles. The maximum atomic E-state index is 13.4. The Morgan fingerprint density at radius 1 is 0.941 bits per heavy atom. The number of piperidine rings is 1. The highest BCUT2D eigenvalue weighted by molar-refractivity contribution is 6.30. The van der Waals surface area contributed by atoms with Crippen LogP contribution in [0.2, 0.25) is 5.02 Å². The molecule has 0 atom stereocenters. The Hall–Kier alpha value is -3.38. The maximum absolute atomic E-state index is 13.4. The molecule has 0 radical (unpaired) electrons. The van der Waals surface area contributed by atoms with E-state index in [1.54, 1.807) is 29.2 Å². The van der Waals surface area contributed by atoms with Crippen LogP contribution in [0.15, 0.2) is 73.1 Å². The van der Waals surface area contributed by atoms with Gasteiger partial charge in [0.1, 0.15) is 6.54 Å². The van der Waals surface area contributed by atoms with Gasteiger partial charge in [0.05, 0.1) is 0 Å². The summed E-state index contributed by atoms with van der Waals surface area (Å²) in [5.41, 5.74) is 3.63. The molecule has 2 aliphatic rings. The lowest BCUT2D eigenvalue weighted by Crippen LogP contribution is -2.44. The van der Waals surface area contributed by atoms with E-state index in [1.807, 2.05) is 53.7 Å². The van der Waals surface area contributed by atoms with Crippen LogP contribution in [-0.4, -0.2) is 47.9 Å². The summed E-state index contributed by atoms with van der Waals surface area (Å²) in [6.45, 7) is 3.05. The van der Waals surface area contributed by atoms with E-state index in [-0.39, 0.29) is 18.4 Å². The quantitative estimate of drug-likeness (QED) is 0.552. The first kappa shape index (κ1) is 22.4. The van der Waals surface area contributed by atoms with E-state index in [2.05, 4.69) is 9.88 Å². The summed E-state index contributed by atoms with van der Waals surface area (Å²) >= 11 is 5.98. The summed E-state index contributed by atoms with van der Waals surface area (Å²) in [6.07, 6.45) is 5.68. The van der Waals surface area contributed by atoms with Crippen molar-refractivity contribution in [1.82, 2.24) is 9.88 Å². The molecule has 2 amide bonds. The van der Waals surface area contributed by atoms with Gasteiger partial charge in [-0.2, -0.15) is 0 Å². The second-order valence-corrected chi connectivity index (χ2v) is 9.37. The number of hydrogen-bond acceptors (Lipinski definition) is 4. The van der Waals surface area contributed by atoms with Gasteiger partial charge in [-0.15, -0.1) is 0 Å². The predicted molar refractivity (Wildman–Crippen MR) is 134 cm³/mol. The number of rotatable bonds is 4. The van der Waals surface area contributed by atoms with Crippen molar-refractivity contribution < 1.29 is 9.59 Å². The third-order valence-electron chi connectivity index (χ3n) is 6.73. The molecule has 34 heavy (non-hydrogen) atoms. The minimum Gasteiger partial charge on any atom is -0.371 e. The van der Waals surface area contributed by atoms with Gasteiger partial charge in [-0.3, -0.25) is 14.6 Å². The highest BCUT2D eigenvalue weighted by Gasteiger charge is 2.31. The van der Waals surface area contributed by atoms with E-state index in [1.165, 1.54) is 5.69 Å². The third-order valence-corrected chi connectivity index (χ3v) is 6.98. The number of aromatic nitrogens is 1. The van der Waals surface area contributed by atoms with Crippen LogP contribution in [0, 0.1) is 5.92 Å². The SMILES string of the molecule is O=C(c1ccc(Cl)cc1)N1CC(=O)N(CC2CCN(c3ccncc3)CC2)c2ccccc2C1. The molecule has 1 fully saturated rings. The van der Waals surface area contributed by atoms with E-state index in [0.717, 1.165) is 37.2 Å². The molecule has 3 heterocycles. The summed E-state index contributed by atoms with van der Waals surface area (Å²) in [7, 11) is 0. The van der Waals surface area contributed by atoms with Gasteiger partial charge in [0.25, 0.3) is 5.91 Å². The second kappa shape index (κ2) is 9.85. The number of carbonyl (C=O) groups excluding carboxylic acids is 2. The largest absolute Gasteiger partial charge is 0.371 e. The van der Waals surface area contributed by atoms with E-state index in [4.69, 9.17) is 11.6 Å². The summed E-state index contributed by atoms with van der Waals surface area (Å²) in [6, 6.07) is 18.8. The van der Waals surface area contributed by atoms with E-state index in [0.29, 0.717) is 29.6 Å². The summed E-state index contributed by atoms with van der Waals surface area (Å²) in [5, 5.41) is 0.579. The smallest absolute Gasteiger partial charge is 0.254 e. The number of carbonyl (C=O) groups is 2. The molecule has 0 bridgehead atoms. The first-order chi connectivity index (χ1) is 16.6. The minimum absolute atomic E-state index is 0.0381. The standard InChI is InChI=1S/C27H27ClN4O2/c28-23-7-5-21(6-8-23)27(34)31-18-22-3-1-2-4-25(22)32(26(33)19-31)17-20-11-15-30(16-12-20)24-9-13-29-14-10-24/h1-10,13-14,20H,11-12,15-19H2. The van der Waals surface area contributed by atoms with Gasteiger partial charge < -0.3 is 14.7 Å². The average Bonchev–Trinajstić information content (AvgIpc) is 3.01. The van der Waals surface area contributed by atoms with Gasteiger partial charge in [-0.05, 0) is 66.8 Å². The topological polar surface area (TPSA) is 56.8 Å². The molecule has 0 spiro atoms. The fourth-order valence-corrected chi connectivity index (χ4v) is 4.98. The molecule has 6 nitrogen and oxygen atoms in total. The van der Waals surface area contributed by atoms with Crippen LogP contribution in [0.5, 0.6) is 0 Å². The number of anilines is 2. The second-order valence-electron chi connectivity index (χ2n) is 8.94. The lowest BCUT2D eigenvalue weighted by Gasteiger charge is -2.36. The molecule has 0 N–H and O–H groups in total. The lowest BCUT2D eigenvalue weighted by molar-refractivity contribution is -0.119. The Morgan fingerprint density at radius 2 is 1.65 bits per heavy atom. The summed E-state index contributed by atoms with van der Waals surface area (Å²) in [4.78, 5) is 36.6. The van der Waals surface area contributed by atoms with Crippen LogP contribution in [-0.2, 0) is 11.3 Å². The number of halogens is 1. The molecule has 2 aromatic carbocycles. The van der Waals surface area contributed by atoms with Crippen LogP contribution >= 0.6 is 11.6 Å². The van der Waals surface area contributed by atoms with Crippen LogP contribution in [0.25, 0.3) is 0 Å². The van der Waals surface area contributed by atoms with Gasteiger partial charge in [0, 0.05) is 60.5 Å². The van der Waals surface area contributed by atoms with Gasteiger partial charge in [-0.1, -0.05) is 29.8 Å². The molecule has 0 saturated carbocycles. The molecule has 0 unspecified atom stereocenters. The summed E-state index contributed by atoms with van der Waals surface area (Å²) < 4.78 is 0. The van der Waals surface area contributed by atoms with Gasteiger partial charge >= 0.3 is 0 Å². The Balaban J connectivity index is 1.31. The van der Waals surface area contributed by atoms with Crippen molar-refractivity contribution in [2.45, 2.75) is 19.4 Å². The molecule has 5 rings (SSSR count). The average molecular weight is 475 g/mol. The zero-order chi connectivity index (χ0) is 23.5. The molecule has 174 valence electrons. The molecular weight excluding hydrogens is 448 g/mol. The number of fused-ring (bicyclic) bond motifs is 1. The fourth-order valence-electron chi connectivity index (χ4n) is 4.86. The van der Waals surface area contributed by atoms with Crippen molar-refractivity contribution >= 4 is 34.8 Å². The molecule has 3 aromatic rings. The number of benzene rings is 2. The van der Waals surface area contributed by atoms with Crippen LogP contribution < -0.4 is 9.80 Å². The van der Waals surface area contributed by atoms with Crippen molar-refractivity contribution in [2.75, 3.05) is 36.0 Å². The first-order valence-corrected chi connectivity index (χ1v) is 12.0. The monoisotopic (exact) mass is 474 g/mol. The predicted octanol–water partition coefficient (Wildman–Crippen LogP) is 4.64. The van der Waals surface area contributed by atoms with E-state index in [9.17, 15) is 9.59 Å². The van der Waals surface area contributed by atoms with Crippen molar-refractivity contribution in [3.8, 4) is 0 Å². The molecule has 1 saturated heterocycles. The lowest BCUT2D eigenvalue weighted by atomic mass is 9.95. The Labute approximate surface area is 204 Å². The number of para-hydroxylation sites is 1. The molecule has 2 aliphatic heterocycles. The van der Waals surface area contributed by atoms with Gasteiger partial charge in [-0.25, -0.2) is 0 Å². The van der Waals surface area contributed by atoms with E-state index < -0.39 is 0 Å². The number of pyridine rings is 1. The van der Waals surface area contributed by atoms with Gasteiger partial charge in [0.15, 0.2) is 0 Å².